The molecule has 0 saturated heterocycles. The van der Waals surface area contributed by atoms with Gasteiger partial charge in [0.2, 0.25) is 11.8 Å². The molecule has 0 aromatic carbocycles. The lowest BCUT2D eigenvalue weighted by Gasteiger charge is -2.37. The van der Waals surface area contributed by atoms with Crippen LogP contribution in [-0.4, -0.2) is 89.3 Å². The molecule has 9 heteroatoms. The Kier molecular flexibility index (Phi) is 8.57. The molecule has 9 nitrogen and oxygen atoms in total. The van der Waals surface area contributed by atoms with Crippen LogP contribution in [-0.2, 0) is 9.53 Å². The number of hydrogen-bond acceptors (Lipinski definition) is 7. The van der Waals surface area contributed by atoms with Crippen molar-refractivity contribution in [2.45, 2.75) is 26.0 Å². The van der Waals surface area contributed by atoms with Gasteiger partial charge < -0.3 is 24.4 Å². The number of likely N-dealkylation sites (N-methyl/N-ethyl adjacent to an activating group) is 1. The highest BCUT2D eigenvalue weighted by Gasteiger charge is 2.34. The highest BCUT2D eigenvalue weighted by molar-refractivity contribution is 5.97. The Labute approximate surface area is 199 Å². The first-order valence-corrected chi connectivity index (χ1v) is 11.1. The van der Waals surface area contributed by atoms with Crippen molar-refractivity contribution >= 4 is 11.8 Å². The molecule has 2 amide bonds. The van der Waals surface area contributed by atoms with Gasteiger partial charge in [0.1, 0.15) is 18.3 Å². The van der Waals surface area contributed by atoms with Crippen molar-refractivity contribution < 1.29 is 24.2 Å². The van der Waals surface area contributed by atoms with Crippen LogP contribution in [0.1, 0.15) is 35.3 Å². The Balaban J connectivity index is 1.96. The number of carbonyl (C=O) groups is 2. The monoisotopic (exact) mass is 466 g/mol. The van der Waals surface area contributed by atoms with Crippen LogP contribution >= 0.6 is 0 Å². The van der Waals surface area contributed by atoms with Crippen LogP contribution in [0.3, 0.4) is 0 Å². The summed E-state index contributed by atoms with van der Waals surface area (Å²) in [6, 6.07) is 4.88. The number of aliphatic hydroxyl groups is 1. The summed E-state index contributed by atoms with van der Waals surface area (Å²) >= 11 is 0. The summed E-state index contributed by atoms with van der Waals surface area (Å²) in [6.07, 6.45) is 4.45. The SMILES string of the molecule is COCC(=O)N(C)C[C@H]1Oc2ncc(C#Cc3cccnc3)cc2C(=O)N([C@@H](C)CO)C[C@H]1C. The van der Waals surface area contributed by atoms with E-state index in [1.807, 2.05) is 13.0 Å². The molecular weight excluding hydrogens is 436 g/mol. The maximum Gasteiger partial charge on any atom is 0.259 e. The quantitative estimate of drug-likeness (QED) is 0.638. The predicted molar refractivity (Wildman–Crippen MR) is 125 cm³/mol. The second-order valence-corrected chi connectivity index (χ2v) is 8.40. The Morgan fingerprint density at radius 2 is 2.15 bits per heavy atom. The van der Waals surface area contributed by atoms with E-state index in [0.717, 1.165) is 5.56 Å². The van der Waals surface area contributed by atoms with Gasteiger partial charge in [0, 0.05) is 56.3 Å². The number of carbonyl (C=O) groups excluding carboxylic acids is 2. The topological polar surface area (TPSA) is 105 Å². The van der Waals surface area contributed by atoms with Crippen LogP contribution in [0.25, 0.3) is 0 Å². The van der Waals surface area contributed by atoms with Gasteiger partial charge in [0.15, 0.2) is 0 Å². The average molecular weight is 467 g/mol. The van der Waals surface area contributed by atoms with Crippen LogP contribution < -0.4 is 4.74 Å². The zero-order chi connectivity index (χ0) is 24.7. The molecule has 2 aromatic rings. The zero-order valence-electron chi connectivity index (χ0n) is 19.9. The van der Waals surface area contributed by atoms with Crippen molar-refractivity contribution in [3.63, 3.8) is 0 Å². The minimum Gasteiger partial charge on any atom is -0.472 e. The second-order valence-electron chi connectivity index (χ2n) is 8.40. The Morgan fingerprint density at radius 3 is 2.82 bits per heavy atom. The van der Waals surface area contributed by atoms with Gasteiger partial charge in [-0.25, -0.2) is 4.98 Å². The number of aliphatic hydroxyl groups excluding tert-OH is 1. The van der Waals surface area contributed by atoms with E-state index in [-0.39, 0.29) is 42.4 Å². The van der Waals surface area contributed by atoms with Crippen molar-refractivity contribution in [2.75, 3.05) is 40.5 Å². The number of hydrogen-bond donors (Lipinski definition) is 1. The normalized spacial score (nSPS) is 18.5. The molecule has 34 heavy (non-hydrogen) atoms. The van der Waals surface area contributed by atoms with E-state index in [1.165, 1.54) is 7.11 Å². The number of ether oxygens (including phenoxy) is 2. The molecule has 0 spiro atoms. The van der Waals surface area contributed by atoms with Crippen molar-refractivity contribution in [3.05, 3.63) is 53.5 Å². The summed E-state index contributed by atoms with van der Waals surface area (Å²) in [5.41, 5.74) is 1.56. The van der Waals surface area contributed by atoms with E-state index >= 15 is 0 Å². The fraction of sp³-hybridized carbons (Fsp3) is 0.440. The lowest BCUT2D eigenvalue weighted by molar-refractivity contribution is -0.135. The Bertz CT molecular complexity index is 1070. The molecule has 2 aromatic heterocycles. The van der Waals surface area contributed by atoms with Crippen LogP contribution in [0.15, 0.2) is 36.8 Å². The number of fused-ring (bicyclic) bond motifs is 1. The van der Waals surface area contributed by atoms with Crippen LogP contribution in [0, 0.1) is 17.8 Å². The lowest BCUT2D eigenvalue weighted by atomic mass is 10.00. The Morgan fingerprint density at radius 1 is 1.38 bits per heavy atom. The van der Waals surface area contributed by atoms with Crippen molar-refractivity contribution in [2.24, 2.45) is 5.92 Å². The Hall–Kier alpha value is -3.48. The molecule has 0 radical (unpaired) electrons. The molecular formula is C25H30N4O5. The minimum atomic E-state index is -0.425. The van der Waals surface area contributed by atoms with Gasteiger partial charge in [-0.3, -0.25) is 14.6 Å². The highest BCUT2D eigenvalue weighted by atomic mass is 16.5. The third-order valence-corrected chi connectivity index (χ3v) is 5.68. The van der Waals surface area contributed by atoms with Crippen molar-refractivity contribution in [1.82, 2.24) is 19.8 Å². The molecule has 1 N–H and O–H groups in total. The molecule has 1 aliphatic rings. The van der Waals surface area contributed by atoms with E-state index in [9.17, 15) is 14.7 Å². The molecule has 1 aliphatic heterocycles. The largest absolute Gasteiger partial charge is 0.472 e. The number of nitrogens with zero attached hydrogens (tertiary/aromatic N) is 4. The highest BCUT2D eigenvalue weighted by Crippen LogP contribution is 2.27. The molecule has 0 saturated carbocycles. The number of amides is 2. The summed E-state index contributed by atoms with van der Waals surface area (Å²) in [6.45, 7) is 4.17. The van der Waals surface area contributed by atoms with Crippen LogP contribution in [0.2, 0.25) is 0 Å². The molecule has 0 fully saturated rings. The summed E-state index contributed by atoms with van der Waals surface area (Å²) in [5, 5.41) is 9.77. The number of pyridine rings is 2. The maximum atomic E-state index is 13.4. The van der Waals surface area contributed by atoms with Crippen LogP contribution in [0.5, 0.6) is 5.88 Å². The lowest BCUT2D eigenvalue weighted by Crippen LogP contribution is -2.50. The molecule has 0 aliphatic carbocycles. The third kappa shape index (κ3) is 6.10. The van der Waals surface area contributed by atoms with Gasteiger partial charge in [0.05, 0.1) is 19.2 Å². The number of rotatable bonds is 6. The third-order valence-electron chi connectivity index (χ3n) is 5.68. The standard InChI is InChI=1S/C25H30N4O5/c1-17-13-29(18(2)15-30)25(32)21-10-20(8-7-19-6-5-9-26-11-19)12-27-24(21)34-22(17)14-28(3)23(31)16-33-4/h5-6,9-12,17-18,22,30H,13-16H2,1-4H3/t17-,18+,22-/m1/s1. The molecule has 0 unspecified atom stereocenters. The smallest absolute Gasteiger partial charge is 0.259 e. The fourth-order valence-electron chi connectivity index (χ4n) is 3.58. The van der Waals surface area contributed by atoms with E-state index in [4.69, 9.17) is 9.47 Å². The fourth-order valence-corrected chi connectivity index (χ4v) is 3.58. The molecule has 0 bridgehead atoms. The first-order valence-electron chi connectivity index (χ1n) is 11.1. The van der Waals surface area contributed by atoms with E-state index in [2.05, 4.69) is 21.8 Å². The van der Waals surface area contributed by atoms with Gasteiger partial charge >= 0.3 is 0 Å². The molecule has 3 heterocycles. The molecule has 180 valence electrons. The summed E-state index contributed by atoms with van der Waals surface area (Å²) in [5.74, 6) is 5.60. The number of methoxy groups -OCH3 is 1. The summed E-state index contributed by atoms with van der Waals surface area (Å²) in [7, 11) is 3.15. The average Bonchev–Trinajstić information content (AvgIpc) is 2.85. The van der Waals surface area contributed by atoms with Gasteiger partial charge in [-0.1, -0.05) is 18.8 Å². The van der Waals surface area contributed by atoms with Crippen molar-refractivity contribution in [3.8, 4) is 17.7 Å². The predicted octanol–water partition coefficient (Wildman–Crippen LogP) is 1.20. The van der Waals surface area contributed by atoms with Gasteiger partial charge in [-0.15, -0.1) is 0 Å². The van der Waals surface area contributed by atoms with Crippen molar-refractivity contribution in [1.29, 1.82) is 0 Å². The van der Waals surface area contributed by atoms with E-state index < -0.39 is 12.1 Å². The maximum absolute atomic E-state index is 13.4. The zero-order valence-corrected chi connectivity index (χ0v) is 19.9. The van der Waals surface area contributed by atoms with E-state index in [1.54, 1.807) is 54.5 Å². The van der Waals surface area contributed by atoms with Crippen LogP contribution in [0.4, 0.5) is 0 Å². The summed E-state index contributed by atoms with van der Waals surface area (Å²) in [4.78, 5) is 37.3. The van der Waals surface area contributed by atoms with Gasteiger partial charge in [-0.05, 0) is 25.1 Å². The first kappa shape index (κ1) is 25.1. The summed E-state index contributed by atoms with van der Waals surface area (Å²) < 4.78 is 11.1. The minimum absolute atomic E-state index is 0.0302. The first-order chi connectivity index (χ1) is 16.3. The molecule has 3 rings (SSSR count). The second kappa shape index (κ2) is 11.6. The van der Waals surface area contributed by atoms with E-state index in [0.29, 0.717) is 18.7 Å². The van der Waals surface area contributed by atoms with Gasteiger partial charge in [-0.2, -0.15) is 0 Å². The number of aromatic nitrogens is 2. The van der Waals surface area contributed by atoms with Gasteiger partial charge in [0.25, 0.3) is 5.91 Å². The molecule has 3 atom stereocenters.